The molecule has 0 atom stereocenters. The van der Waals surface area contributed by atoms with Gasteiger partial charge in [-0.2, -0.15) is 5.10 Å². The highest BCUT2D eigenvalue weighted by molar-refractivity contribution is 5.92. The monoisotopic (exact) mass is 202 g/mol. The predicted molar refractivity (Wildman–Crippen MR) is 61.1 cm³/mol. The van der Waals surface area contributed by atoms with E-state index in [4.69, 9.17) is 11.1 Å². The number of hydrogen-bond donors (Lipinski definition) is 2. The highest BCUT2D eigenvalue weighted by atomic mass is 15.3. The van der Waals surface area contributed by atoms with Gasteiger partial charge in [0.15, 0.2) is 0 Å². The van der Waals surface area contributed by atoms with Crippen LogP contribution in [-0.4, -0.2) is 15.7 Å². The van der Waals surface area contributed by atoms with Crippen LogP contribution in [0, 0.1) is 5.41 Å². The van der Waals surface area contributed by atoms with Gasteiger partial charge < -0.3 is 5.73 Å². The molecule has 0 aliphatic rings. The van der Waals surface area contributed by atoms with Crippen molar-refractivity contribution in [2.75, 3.05) is 0 Å². The van der Waals surface area contributed by atoms with Gasteiger partial charge >= 0.3 is 0 Å². The maximum absolute atomic E-state index is 7.45. The van der Waals surface area contributed by atoms with Gasteiger partial charge in [-0.1, -0.05) is 32.0 Å². The number of rotatable bonds is 1. The number of aromatic nitrogens is 2. The van der Waals surface area contributed by atoms with Crippen LogP contribution in [0.5, 0.6) is 0 Å². The summed E-state index contributed by atoms with van der Waals surface area (Å²) in [4.78, 5) is 0. The second kappa shape index (κ2) is 3.38. The van der Waals surface area contributed by atoms with Gasteiger partial charge in [0.25, 0.3) is 0 Å². The molecule has 0 saturated carbocycles. The van der Waals surface area contributed by atoms with E-state index < -0.39 is 0 Å². The molecule has 0 spiro atoms. The summed E-state index contributed by atoms with van der Waals surface area (Å²) in [6, 6.07) is 7.83. The predicted octanol–water partition coefficient (Wildman–Crippen LogP) is 1.90. The third-order valence-electron chi connectivity index (χ3n) is 2.39. The minimum absolute atomic E-state index is 0.0434. The Hall–Kier alpha value is -1.84. The van der Waals surface area contributed by atoms with E-state index in [0.717, 1.165) is 16.6 Å². The van der Waals surface area contributed by atoms with Gasteiger partial charge in [0.05, 0.1) is 11.2 Å². The lowest BCUT2D eigenvalue weighted by molar-refractivity contribution is 0.789. The average molecular weight is 202 g/mol. The number of nitrogens with one attached hydrogen (secondary N) is 1. The Morgan fingerprint density at radius 1 is 1.40 bits per heavy atom. The van der Waals surface area contributed by atoms with Crippen LogP contribution in [0.1, 0.15) is 25.5 Å². The molecular formula is C11H14N4. The van der Waals surface area contributed by atoms with Gasteiger partial charge in [-0.15, -0.1) is 0 Å². The molecule has 0 fully saturated rings. The van der Waals surface area contributed by atoms with Crippen LogP contribution in [0.3, 0.4) is 0 Å². The lowest BCUT2D eigenvalue weighted by atomic mass is 10.1. The van der Waals surface area contributed by atoms with E-state index in [1.165, 1.54) is 4.68 Å². The van der Waals surface area contributed by atoms with Crippen molar-refractivity contribution in [2.45, 2.75) is 19.8 Å². The van der Waals surface area contributed by atoms with Crippen molar-refractivity contribution in [2.24, 2.45) is 5.73 Å². The van der Waals surface area contributed by atoms with Crippen LogP contribution in [0.15, 0.2) is 24.3 Å². The number of nitrogens with zero attached hydrogens (tertiary/aromatic N) is 2. The van der Waals surface area contributed by atoms with E-state index in [9.17, 15) is 0 Å². The summed E-state index contributed by atoms with van der Waals surface area (Å²) in [7, 11) is 0. The van der Waals surface area contributed by atoms with Crippen molar-refractivity contribution in [3.8, 4) is 0 Å². The van der Waals surface area contributed by atoms with E-state index >= 15 is 0 Å². The minimum atomic E-state index is -0.0434. The zero-order valence-electron chi connectivity index (χ0n) is 8.86. The van der Waals surface area contributed by atoms with Gasteiger partial charge in [-0.05, 0) is 12.0 Å². The van der Waals surface area contributed by atoms with Crippen molar-refractivity contribution >= 4 is 16.9 Å². The third kappa shape index (κ3) is 1.48. The SMILES string of the molecule is CC(C)c1nn(C(=N)N)c2ccccc12. The molecule has 0 saturated heterocycles. The number of fused-ring (bicyclic) bond motifs is 1. The van der Waals surface area contributed by atoms with Gasteiger partial charge in [0.2, 0.25) is 5.96 Å². The molecule has 15 heavy (non-hydrogen) atoms. The molecule has 78 valence electrons. The Morgan fingerprint density at radius 2 is 2.07 bits per heavy atom. The molecule has 1 aromatic heterocycles. The largest absolute Gasteiger partial charge is 0.368 e. The summed E-state index contributed by atoms with van der Waals surface area (Å²) < 4.78 is 1.48. The fraction of sp³-hybridized carbons (Fsp3) is 0.273. The standard InChI is InChI=1S/C11H14N4/c1-7(2)10-8-5-3-4-6-9(8)15(14-10)11(12)13/h3-7H,1-2H3,(H3,12,13). The molecule has 4 heteroatoms. The number of nitrogen functional groups attached to an aromatic ring is 1. The summed E-state index contributed by atoms with van der Waals surface area (Å²) in [5.74, 6) is 0.286. The van der Waals surface area contributed by atoms with E-state index in [1.807, 2.05) is 24.3 Å². The molecule has 3 N–H and O–H groups in total. The molecule has 0 aliphatic carbocycles. The summed E-state index contributed by atoms with van der Waals surface area (Å²) in [6.45, 7) is 4.17. The Labute approximate surface area is 88.2 Å². The van der Waals surface area contributed by atoms with Crippen LogP contribution < -0.4 is 5.73 Å². The first kappa shape index (κ1) is 9.71. The van der Waals surface area contributed by atoms with Gasteiger partial charge in [-0.25, -0.2) is 4.68 Å². The van der Waals surface area contributed by atoms with Gasteiger partial charge in [0, 0.05) is 5.39 Å². The molecule has 1 heterocycles. The van der Waals surface area contributed by atoms with Crippen molar-refractivity contribution in [1.82, 2.24) is 9.78 Å². The molecule has 0 unspecified atom stereocenters. The molecule has 0 bridgehead atoms. The van der Waals surface area contributed by atoms with Crippen LogP contribution in [0.25, 0.3) is 10.9 Å². The molecule has 0 radical (unpaired) electrons. The number of para-hydroxylation sites is 1. The first-order chi connectivity index (χ1) is 7.11. The Morgan fingerprint density at radius 3 is 2.67 bits per heavy atom. The van der Waals surface area contributed by atoms with E-state index in [1.54, 1.807) is 0 Å². The maximum atomic E-state index is 7.45. The Bertz CT molecular complexity index is 510. The summed E-state index contributed by atoms with van der Waals surface area (Å²) in [5.41, 5.74) is 7.36. The summed E-state index contributed by atoms with van der Waals surface area (Å²) in [5, 5.41) is 12.9. The summed E-state index contributed by atoms with van der Waals surface area (Å²) >= 11 is 0. The molecule has 0 amide bonds. The number of nitrogens with two attached hydrogens (primary N) is 1. The maximum Gasteiger partial charge on any atom is 0.214 e. The molecule has 2 aromatic rings. The lowest BCUT2D eigenvalue weighted by Gasteiger charge is -1.98. The second-order valence-corrected chi connectivity index (χ2v) is 3.85. The van der Waals surface area contributed by atoms with Gasteiger partial charge in [0.1, 0.15) is 0 Å². The smallest absolute Gasteiger partial charge is 0.214 e. The molecule has 0 aliphatic heterocycles. The molecular weight excluding hydrogens is 188 g/mol. The van der Waals surface area contributed by atoms with Crippen LogP contribution in [0.4, 0.5) is 0 Å². The molecule has 4 nitrogen and oxygen atoms in total. The van der Waals surface area contributed by atoms with Crippen molar-refractivity contribution in [1.29, 1.82) is 5.41 Å². The van der Waals surface area contributed by atoms with E-state index in [0.29, 0.717) is 5.92 Å². The van der Waals surface area contributed by atoms with Crippen LogP contribution in [0.2, 0.25) is 0 Å². The highest BCUT2D eigenvalue weighted by Gasteiger charge is 2.13. The Balaban J connectivity index is 2.79. The summed E-state index contributed by atoms with van der Waals surface area (Å²) in [6.07, 6.45) is 0. The highest BCUT2D eigenvalue weighted by Crippen LogP contribution is 2.23. The first-order valence-corrected chi connectivity index (χ1v) is 4.93. The van der Waals surface area contributed by atoms with E-state index in [2.05, 4.69) is 18.9 Å². The first-order valence-electron chi connectivity index (χ1n) is 4.93. The third-order valence-corrected chi connectivity index (χ3v) is 2.39. The number of hydrogen-bond acceptors (Lipinski definition) is 2. The normalized spacial score (nSPS) is 11.1. The van der Waals surface area contributed by atoms with Gasteiger partial charge in [-0.3, -0.25) is 5.41 Å². The second-order valence-electron chi connectivity index (χ2n) is 3.85. The van der Waals surface area contributed by atoms with Crippen molar-refractivity contribution in [3.05, 3.63) is 30.0 Å². The lowest BCUT2D eigenvalue weighted by Crippen LogP contribution is -2.21. The van der Waals surface area contributed by atoms with Crippen LogP contribution in [-0.2, 0) is 0 Å². The average Bonchev–Trinajstić information content (AvgIpc) is 2.56. The minimum Gasteiger partial charge on any atom is -0.368 e. The van der Waals surface area contributed by atoms with E-state index in [-0.39, 0.29) is 5.96 Å². The Kier molecular flexibility index (Phi) is 2.19. The topological polar surface area (TPSA) is 67.7 Å². The fourth-order valence-electron chi connectivity index (χ4n) is 1.70. The van der Waals surface area contributed by atoms with Crippen molar-refractivity contribution < 1.29 is 0 Å². The van der Waals surface area contributed by atoms with Crippen molar-refractivity contribution in [3.63, 3.8) is 0 Å². The molecule has 1 aromatic carbocycles. The zero-order chi connectivity index (χ0) is 11.0. The van der Waals surface area contributed by atoms with Crippen LogP contribution >= 0.6 is 0 Å². The number of benzene rings is 1. The quantitative estimate of drug-likeness (QED) is 0.547. The zero-order valence-corrected chi connectivity index (χ0v) is 8.86. The molecule has 2 rings (SSSR count). The fourth-order valence-corrected chi connectivity index (χ4v) is 1.70.